The van der Waals surface area contributed by atoms with Crippen LogP contribution in [0, 0.1) is 12.3 Å². The van der Waals surface area contributed by atoms with Gasteiger partial charge in [-0.3, -0.25) is 0 Å². The number of aryl methyl sites for hydroxylation is 1. The van der Waals surface area contributed by atoms with E-state index in [2.05, 4.69) is 45.0 Å². The summed E-state index contributed by atoms with van der Waals surface area (Å²) in [5.74, 6) is 0.806. The molecule has 1 unspecified atom stereocenters. The molecule has 1 rings (SSSR count). The summed E-state index contributed by atoms with van der Waals surface area (Å²) in [6.07, 6.45) is 0.351. The van der Waals surface area contributed by atoms with Crippen molar-refractivity contribution in [3.05, 3.63) is 5.69 Å². The van der Waals surface area contributed by atoms with E-state index in [0.717, 1.165) is 17.9 Å². The Morgan fingerprint density at radius 1 is 1.37 bits per heavy atom. The molecule has 1 aromatic rings. The maximum absolute atomic E-state index is 10.0. The highest BCUT2D eigenvalue weighted by molar-refractivity contribution is 5.64. The predicted molar refractivity (Wildman–Crippen MR) is 80.3 cm³/mol. The van der Waals surface area contributed by atoms with Gasteiger partial charge in [-0.15, -0.1) is 0 Å². The number of aromatic nitrogens is 2. The third-order valence-electron chi connectivity index (χ3n) is 2.97. The van der Waals surface area contributed by atoms with Crippen molar-refractivity contribution in [3.63, 3.8) is 0 Å². The van der Waals surface area contributed by atoms with Crippen LogP contribution in [-0.4, -0.2) is 27.5 Å². The van der Waals surface area contributed by atoms with E-state index in [1.54, 1.807) is 0 Å². The van der Waals surface area contributed by atoms with Crippen LogP contribution in [0.2, 0.25) is 0 Å². The Hall–Kier alpha value is -1.23. The summed E-state index contributed by atoms with van der Waals surface area (Å²) >= 11 is 0. The van der Waals surface area contributed by atoms with Crippen molar-refractivity contribution >= 4 is 11.5 Å². The molecule has 1 atom stereocenters. The van der Waals surface area contributed by atoms with Gasteiger partial charge in [0.1, 0.15) is 5.82 Å². The van der Waals surface area contributed by atoms with E-state index >= 15 is 0 Å². The fraction of sp³-hybridized carbons (Fsp3) is 0.786. The summed E-state index contributed by atoms with van der Waals surface area (Å²) in [5, 5.41) is 17.7. The van der Waals surface area contributed by atoms with Gasteiger partial charge in [0.2, 0.25) is 0 Å². The number of aliphatic hydroxyl groups is 1. The second-order valence-corrected chi connectivity index (χ2v) is 6.69. The molecule has 0 radical (unpaired) electrons. The van der Waals surface area contributed by atoms with Crippen molar-refractivity contribution < 1.29 is 5.11 Å². The average molecular weight is 268 g/mol. The fourth-order valence-corrected chi connectivity index (χ4v) is 2.10. The third-order valence-corrected chi connectivity index (χ3v) is 2.97. The molecule has 0 aliphatic heterocycles. The molecule has 0 amide bonds. The van der Waals surface area contributed by atoms with Crippen LogP contribution in [0.1, 0.15) is 52.8 Å². The summed E-state index contributed by atoms with van der Waals surface area (Å²) in [6.45, 7) is 12.9. The molecule has 0 saturated heterocycles. The monoisotopic (exact) mass is 268 g/mol. The van der Waals surface area contributed by atoms with Crippen LogP contribution < -0.4 is 11.1 Å². The van der Waals surface area contributed by atoms with Gasteiger partial charge in [-0.1, -0.05) is 20.8 Å². The maximum atomic E-state index is 10.0. The first-order valence-electron chi connectivity index (χ1n) is 6.88. The number of aliphatic hydroxyl groups excluding tert-OH is 1. The number of hydrogen-bond donors (Lipinski definition) is 3. The molecule has 0 saturated carbocycles. The first-order chi connectivity index (χ1) is 8.61. The van der Waals surface area contributed by atoms with Crippen LogP contribution in [0.25, 0.3) is 0 Å². The van der Waals surface area contributed by atoms with E-state index in [9.17, 15) is 5.11 Å². The molecule has 0 aliphatic rings. The van der Waals surface area contributed by atoms with E-state index in [0.29, 0.717) is 12.2 Å². The highest BCUT2D eigenvalue weighted by Gasteiger charge is 2.19. The zero-order valence-electron chi connectivity index (χ0n) is 13.0. The first-order valence-corrected chi connectivity index (χ1v) is 6.88. The minimum atomic E-state index is -0.393. The van der Waals surface area contributed by atoms with Gasteiger partial charge < -0.3 is 16.2 Å². The first kappa shape index (κ1) is 15.8. The minimum absolute atomic E-state index is 0.112. The summed E-state index contributed by atoms with van der Waals surface area (Å²) in [4.78, 5) is 0. The van der Waals surface area contributed by atoms with Crippen molar-refractivity contribution in [3.8, 4) is 0 Å². The molecule has 5 nitrogen and oxygen atoms in total. The summed E-state index contributed by atoms with van der Waals surface area (Å²) in [5.41, 5.74) is 7.62. The Balaban J connectivity index is 2.72. The molecule has 0 aromatic carbocycles. The van der Waals surface area contributed by atoms with Crippen LogP contribution in [-0.2, 0) is 0 Å². The number of nitrogens with zero attached hydrogens (tertiary/aromatic N) is 2. The molecule has 5 heteroatoms. The maximum Gasteiger partial charge on any atom is 0.148 e. The SMILES string of the molecule is Cc1nn(C(C)C)c(NCC(O)CC(C)(C)C)c1N. The molecule has 4 N–H and O–H groups in total. The lowest BCUT2D eigenvalue weighted by atomic mass is 9.89. The molecule has 0 spiro atoms. The second kappa shape index (κ2) is 5.82. The molecule has 0 bridgehead atoms. The van der Waals surface area contributed by atoms with Gasteiger partial charge in [0, 0.05) is 12.6 Å². The Kier molecular flexibility index (Phi) is 4.85. The Bertz CT molecular complexity index is 418. The molecular weight excluding hydrogens is 240 g/mol. The van der Waals surface area contributed by atoms with Crippen molar-refractivity contribution in [2.45, 2.75) is 60.1 Å². The number of rotatable bonds is 5. The van der Waals surface area contributed by atoms with Crippen molar-refractivity contribution in [2.75, 3.05) is 17.6 Å². The van der Waals surface area contributed by atoms with E-state index in [4.69, 9.17) is 5.73 Å². The quantitative estimate of drug-likeness (QED) is 0.767. The van der Waals surface area contributed by atoms with Gasteiger partial charge in [-0.25, -0.2) is 4.68 Å². The van der Waals surface area contributed by atoms with Crippen LogP contribution in [0.4, 0.5) is 11.5 Å². The van der Waals surface area contributed by atoms with Crippen molar-refractivity contribution in [2.24, 2.45) is 5.41 Å². The normalized spacial score (nSPS) is 13.9. The minimum Gasteiger partial charge on any atom is -0.394 e. The summed E-state index contributed by atoms with van der Waals surface area (Å²) in [7, 11) is 0. The van der Waals surface area contributed by atoms with Crippen LogP contribution in [0.15, 0.2) is 0 Å². The predicted octanol–water partition coefficient (Wildman–Crippen LogP) is 2.56. The highest BCUT2D eigenvalue weighted by Crippen LogP contribution is 2.26. The van der Waals surface area contributed by atoms with E-state index in [1.807, 2.05) is 11.6 Å². The largest absolute Gasteiger partial charge is 0.394 e. The highest BCUT2D eigenvalue weighted by atomic mass is 16.3. The topological polar surface area (TPSA) is 76.1 Å². The summed E-state index contributed by atoms with van der Waals surface area (Å²) in [6, 6.07) is 0.234. The average Bonchev–Trinajstić information content (AvgIpc) is 2.51. The van der Waals surface area contributed by atoms with E-state index < -0.39 is 6.10 Å². The number of nitrogens with one attached hydrogen (secondary N) is 1. The number of nitrogens with two attached hydrogens (primary N) is 1. The number of hydrogen-bond acceptors (Lipinski definition) is 4. The second-order valence-electron chi connectivity index (χ2n) is 6.69. The van der Waals surface area contributed by atoms with Gasteiger partial charge in [-0.2, -0.15) is 5.10 Å². The smallest absolute Gasteiger partial charge is 0.148 e. The van der Waals surface area contributed by atoms with Crippen LogP contribution in [0.5, 0.6) is 0 Å². The fourth-order valence-electron chi connectivity index (χ4n) is 2.10. The Labute approximate surface area is 116 Å². The van der Waals surface area contributed by atoms with Crippen LogP contribution >= 0.6 is 0 Å². The number of nitrogen functional groups attached to an aromatic ring is 1. The van der Waals surface area contributed by atoms with Gasteiger partial charge in [0.25, 0.3) is 0 Å². The lowest BCUT2D eigenvalue weighted by Gasteiger charge is -2.23. The zero-order chi connectivity index (χ0) is 14.8. The number of anilines is 2. The van der Waals surface area contributed by atoms with Crippen LogP contribution in [0.3, 0.4) is 0 Å². The van der Waals surface area contributed by atoms with E-state index in [-0.39, 0.29) is 11.5 Å². The van der Waals surface area contributed by atoms with Gasteiger partial charge in [0.05, 0.1) is 17.5 Å². The molecular formula is C14H28N4O. The molecule has 0 fully saturated rings. The van der Waals surface area contributed by atoms with Crippen molar-refractivity contribution in [1.82, 2.24) is 9.78 Å². The Morgan fingerprint density at radius 3 is 2.42 bits per heavy atom. The molecule has 1 aromatic heterocycles. The van der Waals surface area contributed by atoms with Crippen molar-refractivity contribution in [1.29, 1.82) is 0 Å². The third kappa shape index (κ3) is 4.42. The molecule has 19 heavy (non-hydrogen) atoms. The van der Waals surface area contributed by atoms with Gasteiger partial charge >= 0.3 is 0 Å². The summed E-state index contributed by atoms with van der Waals surface area (Å²) < 4.78 is 1.87. The zero-order valence-corrected chi connectivity index (χ0v) is 13.0. The molecule has 0 aliphatic carbocycles. The van der Waals surface area contributed by atoms with Gasteiger partial charge in [-0.05, 0) is 32.6 Å². The van der Waals surface area contributed by atoms with E-state index in [1.165, 1.54) is 0 Å². The van der Waals surface area contributed by atoms with Gasteiger partial charge in [0.15, 0.2) is 0 Å². The Morgan fingerprint density at radius 2 is 1.95 bits per heavy atom. The molecule has 1 heterocycles. The lowest BCUT2D eigenvalue weighted by molar-refractivity contribution is 0.132. The lowest BCUT2D eigenvalue weighted by Crippen LogP contribution is -2.26. The standard InChI is InChI=1S/C14H28N4O/c1-9(2)18-13(12(15)10(3)17-18)16-8-11(19)7-14(4,5)6/h9,11,16,19H,7-8,15H2,1-6H3. The molecule has 110 valence electrons.